The summed E-state index contributed by atoms with van der Waals surface area (Å²) in [5, 5.41) is 4.23. The molecule has 0 unspecified atom stereocenters. The normalized spacial score (nSPS) is 12.0. The van der Waals surface area contributed by atoms with Crippen molar-refractivity contribution in [1.82, 2.24) is 14.5 Å². The molecule has 0 aliphatic heterocycles. The van der Waals surface area contributed by atoms with Gasteiger partial charge in [-0.25, -0.2) is 13.1 Å². The third-order valence-corrected chi connectivity index (χ3v) is 6.02. The minimum absolute atomic E-state index is 0.125. The second-order valence-electron chi connectivity index (χ2n) is 4.88. The van der Waals surface area contributed by atoms with E-state index in [2.05, 4.69) is 5.10 Å². The molecule has 1 N–H and O–H groups in total. The van der Waals surface area contributed by atoms with E-state index in [9.17, 15) is 13.2 Å². The SMILES string of the molecule is Cc1ccc(S(=O)(=O)NC(=O)C=Cc2c(C)nn(C)c2C)s1. The molecule has 0 saturated heterocycles. The summed E-state index contributed by atoms with van der Waals surface area (Å²) in [7, 11) is -2.00. The van der Waals surface area contributed by atoms with Crippen molar-refractivity contribution in [2.24, 2.45) is 7.05 Å². The molecule has 1 amide bonds. The summed E-state index contributed by atoms with van der Waals surface area (Å²) in [6.45, 7) is 5.51. The van der Waals surface area contributed by atoms with Crippen molar-refractivity contribution in [3.8, 4) is 0 Å². The molecule has 0 fully saturated rings. The number of carbonyl (C=O) groups excluding carboxylic acids is 1. The number of hydrogen-bond acceptors (Lipinski definition) is 5. The third kappa shape index (κ3) is 3.45. The maximum Gasteiger partial charge on any atom is 0.273 e. The molecular formula is C14H17N3O3S2. The van der Waals surface area contributed by atoms with Gasteiger partial charge in [0, 0.05) is 29.3 Å². The minimum atomic E-state index is -3.81. The quantitative estimate of drug-likeness (QED) is 0.863. The van der Waals surface area contributed by atoms with Crippen LogP contribution < -0.4 is 4.72 Å². The molecule has 2 heterocycles. The average molecular weight is 339 g/mol. The van der Waals surface area contributed by atoms with Crippen molar-refractivity contribution in [1.29, 1.82) is 0 Å². The fraction of sp³-hybridized carbons (Fsp3) is 0.286. The molecular weight excluding hydrogens is 322 g/mol. The number of hydrogen-bond donors (Lipinski definition) is 1. The van der Waals surface area contributed by atoms with Gasteiger partial charge in [0.05, 0.1) is 5.69 Å². The van der Waals surface area contributed by atoms with Crippen molar-refractivity contribution < 1.29 is 13.2 Å². The monoisotopic (exact) mass is 339 g/mol. The van der Waals surface area contributed by atoms with Crippen LogP contribution in [0.5, 0.6) is 0 Å². The molecule has 0 atom stereocenters. The zero-order chi connectivity index (χ0) is 16.5. The summed E-state index contributed by atoms with van der Waals surface area (Å²) in [6, 6.07) is 3.18. The molecule has 0 aliphatic carbocycles. The number of nitrogens with zero attached hydrogens (tertiary/aromatic N) is 2. The summed E-state index contributed by atoms with van der Waals surface area (Å²) in [6.07, 6.45) is 2.78. The Labute approximate surface area is 133 Å². The van der Waals surface area contributed by atoms with E-state index in [-0.39, 0.29) is 4.21 Å². The Kier molecular flexibility index (Phi) is 4.52. The molecule has 0 bridgehead atoms. The second kappa shape index (κ2) is 6.05. The van der Waals surface area contributed by atoms with Crippen LogP contribution in [0.4, 0.5) is 0 Å². The van der Waals surface area contributed by atoms with E-state index in [1.54, 1.807) is 23.7 Å². The number of thiophene rings is 1. The van der Waals surface area contributed by atoms with Gasteiger partial charge in [0.1, 0.15) is 4.21 Å². The predicted molar refractivity (Wildman–Crippen MR) is 86.1 cm³/mol. The number of aryl methyl sites for hydroxylation is 3. The zero-order valence-electron chi connectivity index (χ0n) is 12.7. The van der Waals surface area contributed by atoms with E-state index in [0.29, 0.717) is 0 Å². The van der Waals surface area contributed by atoms with E-state index in [0.717, 1.165) is 33.2 Å². The Morgan fingerprint density at radius 2 is 2.00 bits per heavy atom. The summed E-state index contributed by atoms with van der Waals surface area (Å²) in [5.74, 6) is -0.686. The molecule has 2 aromatic rings. The number of carbonyl (C=O) groups is 1. The summed E-state index contributed by atoms with van der Waals surface area (Å²) >= 11 is 1.12. The Bertz CT molecular complexity index is 845. The van der Waals surface area contributed by atoms with Crippen molar-refractivity contribution in [3.05, 3.63) is 40.0 Å². The molecule has 6 nitrogen and oxygen atoms in total. The van der Waals surface area contributed by atoms with Gasteiger partial charge in [-0.1, -0.05) is 0 Å². The topological polar surface area (TPSA) is 81.1 Å². The van der Waals surface area contributed by atoms with E-state index in [1.807, 2.05) is 25.6 Å². The van der Waals surface area contributed by atoms with E-state index in [4.69, 9.17) is 0 Å². The van der Waals surface area contributed by atoms with Crippen molar-refractivity contribution >= 4 is 33.3 Å². The third-order valence-electron chi connectivity index (χ3n) is 3.18. The van der Waals surface area contributed by atoms with Crippen molar-refractivity contribution in [2.75, 3.05) is 0 Å². The lowest BCUT2D eigenvalue weighted by Crippen LogP contribution is -2.28. The van der Waals surface area contributed by atoms with Crippen LogP contribution in [0.1, 0.15) is 21.8 Å². The van der Waals surface area contributed by atoms with Gasteiger partial charge in [-0.05, 0) is 39.0 Å². The number of nitrogens with one attached hydrogen (secondary N) is 1. The van der Waals surface area contributed by atoms with Gasteiger partial charge in [-0.2, -0.15) is 5.10 Å². The molecule has 2 aromatic heterocycles. The second-order valence-corrected chi connectivity index (χ2v) is 8.07. The summed E-state index contributed by atoms with van der Waals surface area (Å²) in [5.41, 5.74) is 2.49. The van der Waals surface area contributed by atoms with Gasteiger partial charge in [0.2, 0.25) is 0 Å². The predicted octanol–water partition coefficient (Wildman–Crippen LogP) is 1.93. The molecule has 0 spiro atoms. The van der Waals surface area contributed by atoms with Crippen LogP contribution in [0.25, 0.3) is 6.08 Å². The standard InChI is InChI=1S/C14H17N3O3S2/c1-9-5-8-14(21-9)22(19,20)16-13(18)7-6-12-10(2)15-17(4)11(12)3/h5-8H,1-4H3,(H,16,18). The fourth-order valence-corrected chi connectivity index (χ4v) is 4.19. The van der Waals surface area contributed by atoms with Gasteiger partial charge in [0.15, 0.2) is 0 Å². The highest BCUT2D eigenvalue weighted by Gasteiger charge is 2.18. The zero-order valence-corrected chi connectivity index (χ0v) is 14.4. The Morgan fingerprint density at radius 3 is 2.50 bits per heavy atom. The van der Waals surface area contributed by atoms with Gasteiger partial charge >= 0.3 is 0 Å². The lowest BCUT2D eigenvalue weighted by Gasteiger charge is -2.01. The molecule has 118 valence electrons. The Balaban J connectivity index is 2.15. The lowest BCUT2D eigenvalue weighted by atomic mass is 10.2. The van der Waals surface area contributed by atoms with Crippen molar-refractivity contribution in [3.63, 3.8) is 0 Å². The molecule has 0 saturated carbocycles. The Morgan fingerprint density at radius 1 is 1.32 bits per heavy atom. The van der Waals surface area contributed by atoms with Crippen LogP contribution in [0, 0.1) is 20.8 Å². The van der Waals surface area contributed by atoms with Crippen molar-refractivity contribution in [2.45, 2.75) is 25.0 Å². The number of sulfonamides is 1. The van der Waals surface area contributed by atoms with Crippen LogP contribution in [0.15, 0.2) is 22.4 Å². The van der Waals surface area contributed by atoms with Gasteiger partial charge in [-0.15, -0.1) is 11.3 Å². The molecule has 0 aliphatic rings. The highest BCUT2D eigenvalue weighted by atomic mass is 32.2. The number of rotatable bonds is 4. The molecule has 22 heavy (non-hydrogen) atoms. The maximum absolute atomic E-state index is 12.0. The Hall–Kier alpha value is -1.93. The fourth-order valence-electron chi connectivity index (χ4n) is 1.96. The van der Waals surface area contributed by atoms with Crippen LogP contribution in [-0.4, -0.2) is 24.1 Å². The first kappa shape index (κ1) is 16.4. The molecule has 0 aromatic carbocycles. The highest BCUT2D eigenvalue weighted by molar-refractivity contribution is 7.92. The number of amides is 1. The van der Waals surface area contributed by atoms with Gasteiger partial charge < -0.3 is 0 Å². The average Bonchev–Trinajstić information content (AvgIpc) is 2.94. The first-order valence-electron chi connectivity index (χ1n) is 6.52. The summed E-state index contributed by atoms with van der Waals surface area (Å²) in [4.78, 5) is 12.7. The van der Waals surface area contributed by atoms with Crippen LogP contribution in [0.3, 0.4) is 0 Å². The number of aromatic nitrogens is 2. The van der Waals surface area contributed by atoms with Crippen LogP contribution in [-0.2, 0) is 21.9 Å². The van der Waals surface area contributed by atoms with E-state index >= 15 is 0 Å². The highest BCUT2D eigenvalue weighted by Crippen LogP contribution is 2.20. The van der Waals surface area contributed by atoms with Gasteiger partial charge in [0.25, 0.3) is 15.9 Å². The molecule has 8 heteroatoms. The molecule has 2 rings (SSSR count). The van der Waals surface area contributed by atoms with Crippen LogP contribution >= 0.6 is 11.3 Å². The minimum Gasteiger partial charge on any atom is -0.272 e. The van der Waals surface area contributed by atoms with E-state index in [1.165, 1.54) is 12.1 Å². The summed E-state index contributed by atoms with van der Waals surface area (Å²) < 4.78 is 27.9. The largest absolute Gasteiger partial charge is 0.273 e. The molecule has 0 radical (unpaired) electrons. The van der Waals surface area contributed by atoms with Gasteiger partial charge in [-0.3, -0.25) is 9.48 Å². The lowest BCUT2D eigenvalue weighted by molar-refractivity contribution is -0.114. The first-order chi connectivity index (χ1) is 10.2. The van der Waals surface area contributed by atoms with Crippen LogP contribution in [0.2, 0.25) is 0 Å². The smallest absolute Gasteiger partial charge is 0.272 e. The first-order valence-corrected chi connectivity index (χ1v) is 8.82. The maximum atomic E-state index is 12.0. The van der Waals surface area contributed by atoms with E-state index < -0.39 is 15.9 Å².